The number of morpholine rings is 1. The maximum absolute atomic E-state index is 5.87. The van der Waals surface area contributed by atoms with Crippen molar-refractivity contribution in [1.82, 2.24) is 29.0 Å². The molecule has 0 N–H and O–H groups in total. The molecule has 0 bridgehead atoms. The maximum Gasteiger partial charge on any atom is 0.163 e. The molecule has 0 aliphatic carbocycles. The molecule has 0 amide bonds. The second kappa shape index (κ2) is 5.75. The first-order valence-corrected chi connectivity index (χ1v) is 7.81. The third-order valence-electron chi connectivity index (χ3n) is 4.32. The molecule has 0 unspecified atom stereocenters. The van der Waals surface area contributed by atoms with Gasteiger partial charge in [0.1, 0.15) is 18.1 Å². The van der Waals surface area contributed by atoms with Gasteiger partial charge in [0.15, 0.2) is 5.82 Å². The summed E-state index contributed by atoms with van der Waals surface area (Å²) < 4.78 is 9.94. The Hall–Kier alpha value is -2.25. The van der Waals surface area contributed by atoms with Crippen molar-refractivity contribution in [1.29, 1.82) is 0 Å². The van der Waals surface area contributed by atoms with E-state index in [1.165, 1.54) is 11.3 Å². The molecule has 7 heteroatoms. The lowest BCUT2D eigenvalue weighted by molar-refractivity contribution is -0.0389. The number of ether oxygens (including phenoxy) is 1. The third-order valence-corrected chi connectivity index (χ3v) is 4.32. The Morgan fingerprint density at radius 3 is 3.13 bits per heavy atom. The van der Waals surface area contributed by atoms with Crippen LogP contribution in [0.4, 0.5) is 0 Å². The van der Waals surface area contributed by atoms with Gasteiger partial charge in [0, 0.05) is 32.9 Å². The summed E-state index contributed by atoms with van der Waals surface area (Å²) >= 11 is 0. The number of aromatic nitrogens is 5. The summed E-state index contributed by atoms with van der Waals surface area (Å²) in [5.74, 6) is 0.878. The Kier molecular flexibility index (Phi) is 3.59. The highest BCUT2D eigenvalue weighted by molar-refractivity contribution is 5.42. The summed E-state index contributed by atoms with van der Waals surface area (Å²) in [6, 6.07) is 4.21. The van der Waals surface area contributed by atoms with Gasteiger partial charge < -0.3 is 13.7 Å². The van der Waals surface area contributed by atoms with Gasteiger partial charge in [-0.1, -0.05) is 0 Å². The highest BCUT2D eigenvalue weighted by Crippen LogP contribution is 2.21. The monoisotopic (exact) mass is 312 g/mol. The molecule has 4 heterocycles. The van der Waals surface area contributed by atoms with Crippen molar-refractivity contribution in [2.75, 3.05) is 19.7 Å². The number of pyridine rings is 1. The molecule has 3 aromatic rings. The van der Waals surface area contributed by atoms with Crippen LogP contribution in [0, 0.1) is 6.92 Å². The van der Waals surface area contributed by atoms with E-state index >= 15 is 0 Å². The maximum atomic E-state index is 5.87. The van der Waals surface area contributed by atoms with Crippen LogP contribution in [0.2, 0.25) is 0 Å². The predicted molar refractivity (Wildman–Crippen MR) is 84.9 cm³/mol. The first kappa shape index (κ1) is 14.3. The number of fused-ring (bicyclic) bond motifs is 1. The Labute approximate surface area is 134 Å². The van der Waals surface area contributed by atoms with Crippen LogP contribution in [0.15, 0.2) is 30.9 Å². The van der Waals surface area contributed by atoms with Gasteiger partial charge in [0.2, 0.25) is 0 Å². The van der Waals surface area contributed by atoms with E-state index in [9.17, 15) is 0 Å². The van der Waals surface area contributed by atoms with Gasteiger partial charge in [-0.3, -0.25) is 4.90 Å². The number of hydrogen-bond acceptors (Lipinski definition) is 5. The number of nitrogens with zero attached hydrogens (tertiary/aromatic N) is 6. The van der Waals surface area contributed by atoms with E-state index in [2.05, 4.69) is 49.7 Å². The quantitative estimate of drug-likeness (QED) is 0.730. The fraction of sp³-hybridized carbons (Fsp3) is 0.438. The fourth-order valence-electron chi connectivity index (χ4n) is 3.07. The minimum atomic E-state index is -0.0299. The van der Waals surface area contributed by atoms with E-state index in [0.29, 0.717) is 6.61 Å². The normalized spacial score (nSPS) is 19.5. The molecule has 1 atom stereocenters. The Bertz CT molecular complexity index is 823. The van der Waals surface area contributed by atoms with E-state index in [1.807, 2.05) is 17.8 Å². The largest absolute Gasteiger partial charge is 0.368 e. The molecule has 4 rings (SSSR count). The van der Waals surface area contributed by atoms with Crippen LogP contribution in [0.3, 0.4) is 0 Å². The molecule has 0 aromatic carbocycles. The topological polar surface area (TPSA) is 60.5 Å². The minimum Gasteiger partial charge on any atom is -0.368 e. The van der Waals surface area contributed by atoms with Gasteiger partial charge in [-0.2, -0.15) is 0 Å². The van der Waals surface area contributed by atoms with Gasteiger partial charge >= 0.3 is 0 Å². The van der Waals surface area contributed by atoms with Crippen LogP contribution < -0.4 is 0 Å². The molecule has 0 saturated carbocycles. The van der Waals surface area contributed by atoms with Crippen molar-refractivity contribution in [2.24, 2.45) is 7.05 Å². The molecule has 1 saturated heterocycles. The summed E-state index contributed by atoms with van der Waals surface area (Å²) in [6.45, 7) is 5.36. The first-order chi connectivity index (χ1) is 11.2. The molecule has 23 heavy (non-hydrogen) atoms. The van der Waals surface area contributed by atoms with Crippen LogP contribution >= 0.6 is 0 Å². The molecule has 7 nitrogen and oxygen atoms in total. The van der Waals surface area contributed by atoms with Crippen LogP contribution in [0.25, 0.3) is 5.65 Å². The van der Waals surface area contributed by atoms with E-state index in [1.54, 1.807) is 6.33 Å². The zero-order valence-corrected chi connectivity index (χ0v) is 13.4. The second-order valence-corrected chi connectivity index (χ2v) is 6.08. The highest BCUT2D eigenvalue weighted by Gasteiger charge is 2.26. The molecule has 1 aliphatic heterocycles. The van der Waals surface area contributed by atoms with Gasteiger partial charge in [-0.05, 0) is 24.6 Å². The average molecular weight is 312 g/mol. The zero-order valence-electron chi connectivity index (χ0n) is 13.4. The van der Waals surface area contributed by atoms with Crippen molar-refractivity contribution >= 4 is 5.65 Å². The third kappa shape index (κ3) is 2.73. The highest BCUT2D eigenvalue weighted by atomic mass is 16.5. The standard InChI is InChI=1S/C16H20N6O/c1-12-3-4-22-13(8-17-15(22)7-12)9-21-5-6-23-14(10-21)16-19-18-11-20(16)2/h3-4,7-8,11,14H,5-6,9-10H2,1-2H3/t14-/m1/s1. The summed E-state index contributed by atoms with van der Waals surface area (Å²) in [5, 5.41) is 8.12. The van der Waals surface area contributed by atoms with Gasteiger partial charge in [0.05, 0.1) is 18.5 Å². The Morgan fingerprint density at radius 2 is 2.30 bits per heavy atom. The number of hydrogen-bond donors (Lipinski definition) is 0. The summed E-state index contributed by atoms with van der Waals surface area (Å²) in [5.41, 5.74) is 3.42. The number of aryl methyl sites for hydroxylation is 2. The SMILES string of the molecule is Cc1ccn2c(CN3CCO[C@@H](c4nncn4C)C3)cnc2c1. The number of imidazole rings is 1. The van der Waals surface area contributed by atoms with Gasteiger partial charge in [-0.15, -0.1) is 10.2 Å². The molecule has 0 radical (unpaired) electrons. The second-order valence-electron chi connectivity index (χ2n) is 6.08. The molecule has 0 spiro atoms. The van der Waals surface area contributed by atoms with Crippen LogP contribution in [-0.4, -0.2) is 48.7 Å². The van der Waals surface area contributed by atoms with Crippen molar-refractivity contribution in [2.45, 2.75) is 19.6 Å². The summed E-state index contributed by atoms with van der Waals surface area (Å²) in [6.07, 6.45) is 5.73. The lowest BCUT2D eigenvalue weighted by Gasteiger charge is -2.32. The van der Waals surface area contributed by atoms with E-state index in [-0.39, 0.29) is 6.10 Å². The van der Waals surface area contributed by atoms with Crippen LogP contribution in [-0.2, 0) is 18.3 Å². The molecular weight excluding hydrogens is 292 g/mol. The predicted octanol–water partition coefficient (Wildman–Crippen LogP) is 1.34. The Morgan fingerprint density at radius 1 is 1.39 bits per heavy atom. The minimum absolute atomic E-state index is 0.0299. The van der Waals surface area contributed by atoms with Crippen molar-refractivity contribution < 1.29 is 4.74 Å². The van der Waals surface area contributed by atoms with Crippen molar-refractivity contribution in [3.05, 3.63) is 47.9 Å². The lowest BCUT2D eigenvalue weighted by Crippen LogP contribution is -2.38. The Balaban J connectivity index is 1.53. The molecular formula is C16H20N6O. The van der Waals surface area contributed by atoms with Gasteiger partial charge in [0.25, 0.3) is 0 Å². The lowest BCUT2D eigenvalue weighted by atomic mass is 10.2. The van der Waals surface area contributed by atoms with Gasteiger partial charge in [-0.25, -0.2) is 4.98 Å². The van der Waals surface area contributed by atoms with Crippen LogP contribution in [0.1, 0.15) is 23.2 Å². The van der Waals surface area contributed by atoms with E-state index < -0.39 is 0 Å². The smallest absolute Gasteiger partial charge is 0.163 e. The molecule has 3 aromatic heterocycles. The number of rotatable bonds is 3. The van der Waals surface area contributed by atoms with Crippen molar-refractivity contribution in [3.8, 4) is 0 Å². The molecule has 1 fully saturated rings. The van der Waals surface area contributed by atoms with Crippen molar-refractivity contribution in [3.63, 3.8) is 0 Å². The fourth-order valence-corrected chi connectivity index (χ4v) is 3.07. The first-order valence-electron chi connectivity index (χ1n) is 7.81. The van der Waals surface area contributed by atoms with E-state index in [4.69, 9.17) is 4.74 Å². The average Bonchev–Trinajstić information content (AvgIpc) is 3.14. The molecule has 120 valence electrons. The summed E-state index contributed by atoms with van der Waals surface area (Å²) in [4.78, 5) is 6.89. The van der Waals surface area contributed by atoms with E-state index in [0.717, 1.165) is 31.1 Å². The zero-order chi connectivity index (χ0) is 15.8. The van der Waals surface area contributed by atoms with Crippen LogP contribution in [0.5, 0.6) is 0 Å². The molecule has 1 aliphatic rings. The summed E-state index contributed by atoms with van der Waals surface area (Å²) in [7, 11) is 1.95.